The van der Waals surface area contributed by atoms with E-state index in [1.165, 1.54) is 42.5 Å². The molecule has 0 heterocycles. The zero-order chi connectivity index (χ0) is 21.6. The zero-order valence-corrected chi connectivity index (χ0v) is 18.1. The van der Waals surface area contributed by atoms with Crippen LogP contribution in [0, 0.1) is 0 Å². The van der Waals surface area contributed by atoms with Gasteiger partial charge in [-0.2, -0.15) is 8.42 Å². The summed E-state index contributed by atoms with van der Waals surface area (Å²) in [7, 11) is -5.20. The lowest BCUT2D eigenvalue weighted by molar-refractivity contribution is 0.428. The molecule has 3 N–H and O–H groups in total. The van der Waals surface area contributed by atoms with Gasteiger partial charge in [-0.1, -0.05) is 76.7 Å². The first-order chi connectivity index (χ1) is 13.5. The molecule has 29 heavy (non-hydrogen) atoms. The molecule has 0 bridgehead atoms. The molecule has 3 aromatic rings. The number of halogens is 4. The van der Waals surface area contributed by atoms with Crippen LogP contribution < -0.4 is 0 Å². The Bertz CT molecular complexity index is 1190. The molecule has 5 nitrogen and oxygen atoms in total. The molecular formula is C19H12Cl4O5S. The Morgan fingerprint density at radius 3 is 1.93 bits per heavy atom. The Balaban J connectivity index is 2.68. The monoisotopic (exact) mass is 492 g/mol. The average Bonchev–Trinajstić information content (AvgIpc) is 2.60. The van der Waals surface area contributed by atoms with Crippen molar-refractivity contribution in [3.05, 3.63) is 91.4 Å². The van der Waals surface area contributed by atoms with Gasteiger partial charge < -0.3 is 10.2 Å². The van der Waals surface area contributed by atoms with Gasteiger partial charge in [-0.05, 0) is 24.3 Å². The molecule has 0 saturated heterocycles. The van der Waals surface area contributed by atoms with E-state index in [9.17, 15) is 23.2 Å². The summed E-state index contributed by atoms with van der Waals surface area (Å²) in [6, 6.07) is 11.9. The van der Waals surface area contributed by atoms with Crippen molar-refractivity contribution >= 4 is 56.5 Å². The SMILES string of the molecule is O=S(=O)(O)C(c1ccccc1Cl)(c1cccc(Cl)c1O)c1c(O)cc(Cl)cc1Cl. The third-order valence-corrected chi connectivity index (χ3v) is 6.96. The van der Waals surface area contributed by atoms with E-state index >= 15 is 0 Å². The van der Waals surface area contributed by atoms with Gasteiger partial charge in [-0.3, -0.25) is 4.55 Å². The fourth-order valence-corrected chi connectivity index (χ4v) is 5.84. The van der Waals surface area contributed by atoms with Crippen LogP contribution in [0.5, 0.6) is 11.5 Å². The summed E-state index contributed by atoms with van der Waals surface area (Å²) < 4.78 is 33.9. The lowest BCUT2D eigenvalue weighted by Crippen LogP contribution is -2.39. The van der Waals surface area contributed by atoms with Gasteiger partial charge in [0.2, 0.25) is 0 Å². The minimum atomic E-state index is -5.20. The minimum absolute atomic E-state index is 0.0231. The molecule has 3 aromatic carbocycles. The van der Waals surface area contributed by atoms with Crippen LogP contribution in [0.1, 0.15) is 16.7 Å². The van der Waals surface area contributed by atoms with E-state index in [0.29, 0.717) is 0 Å². The topological polar surface area (TPSA) is 94.8 Å². The number of rotatable bonds is 4. The molecule has 0 spiro atoms. The molecule has 0 radical (unpaired) electrons. The summed E-state index contributed by atoms with van der Waals surface area (Å²) in [6.07, 6.45) is 0. The van der Waals surface area contributed by atoms with Crippen molar-refractivity contribution in [3.8, 4) is 11.5 Å². The lowest BCUT2D eigenvalue weighted by atomic mass is 9.82. The summed E-state index contributed by atoms with van der Waals surface area (Å²) in [5.74, 6) is -1.28. The van der Waals surface area contributed by atoms with Crippen molar-refractivity contribution in [2.24, 2.45) is 0 Å². The quantitative estimate of drug-likeness (QED) is 0.311. The predicted molar refractivity (Wildman–Crippen MR) is 114 cm³/mol. The smallest absolute Gasteiger partial charge is 0.283 e. The highest BCUT2D eigenvalue weighted by Gasteiger charge is 2.54. The minimum Gasteiger partial charge on any atom is -0.507 e. The highest BCUT2D eigenvalue weighted by Crippen LogP contribution is 2.54. The molecule has 3 rings (SSSR count). The van der Waals surface area contributed by atoms with E-state index in [0.717, 1.165) is 6.07 Å². The highest BCUT2D eigenvalue weighted by atomic mass is 35.5. The van der Waals surface area contributed by atoms with Crippen molar-refractivity contribution in [3.63, 3.8) is 0 Å². The number of phenolic OH excluding ortho intramolecular Hbond substituents is 2. The summed E-state index contributed by atoms with van der Waals surface area (Å²) in [5.41, 5.74) is -0.974. The van der Waals surface area contributed by atoms with Gasteiger partial charge in [0, 0.05) is 26.7 Å². The van der Waals surface area contributed by atoms with Gasteiger partial charge in [0.15, 0.2) is 4.75 Å². The summed E-state index contributed by atoms with van der Waals surface area (Å²) in [6.45, 7) is 0. The van der Waals surface area contributed by atoms with E-state index in [1.54, 1.807) is 6.07 Å². The van der Waals surface area contributed by atoms with Crippen LogP contribution in [0.4, 0.5) is 0 Å². The molecule has 0 aliphatic rings. The molecule has 0 aliphatic carbocycles. The van der Waals surface area contributed by atoms with E-state index in [2.05, 4.69) is 0 Å². The molecular weight excluding hydrogens is 482 g/mol. The molecule has 1 atom stereocenters. The number of aromatic hydroxyl groups is 2. The van der Waals surface area contributed by atoms with Crippen molar-refractivity contribution < 1.29 is 23.2 Å². The first-order valence-electron chi connectivity index (χ1n) is 7.90. The zero-order valence-electron chi connectivity index (χ0n) is 14.3. The Morgan fingerprint density at radius 1 is 0.759 bits per heavy atom. The van der Waals surface area contributed by atoms with Crippen LogP contribution in [-0.2, 0) is 14.9 Å². The first-order valence-corrected chi connectivity index (χ1v) is 10.9. The molecule has 0 fully saturated rings. The van der Waals surface area contributed by atoms with Crippen LogP contribution in [-0.4, -0.2) is 23.2 Å². The van der Waals surface area contributed by atoms with E-state index < -0.39 is 31.9 Å². The third-order valence-electron chi connectivity index (χ3n) is 4.39. The van der Waals surface area contributed by atoms with E-state index in [4.69, 9.17) is 46.4 Å². The van der Waals surface area contributed by atoms with Crippen molar-refractivity contribution in [2.45, 2.75) is 4.75 Å². The first kappa shape index (κ1) is 22.0. The number of hydrogen-bond acceptors (Lipinski definition) is 4. The van der Waals surface area contributed by atoms with Gasteiger partial charge in [0.25, 0.3) is 10.1 Å². The number of para-hydroxylation sites is 1. The van der Waals surface area contributed by atoms with Gasteiger partial charge in [0.1, 0.15) is 11.5 Å². The average molecular weight is 494 g/mol. The lowest BCUT2D eigenvalue weighted by Gasteiger charge is -2.34. The fraction of sp³-hybridized carbons (Fsp3) is 0.0526. The Labute approximate surface area is 186 Å². The number of phenols is 2. The maximum Gasteiger partial charge on any atom is 0.283 e. The van der Waals surface area contributed by atoms with Crippen LogP contribution >= 0.6 is 46.4 Å². The largest absolute Gasteiger partial charge is 0.507 e. The molecule has 0 amide bonds. The number of hydrogen-bond donors (Lipinski definition) is 3. The van der Waals surface area contributed by atoms with Crippen molar-refractivity contribution in [1.82, 2.24) is 0 Å². The third kappa shape index (κ3) is 3.54. The molecule has 0 aromatic heterocycles. The van der Waals surface area contributed by atoms with E-state index in [1.807, 2.05) is 0 Å². The van der Waals surface area contributed by atoms with Crippen molar-refractivity contribution in [2.75, 3.05) is 0 Å². The second kappa shape index (κ2) is 7.87. The fourth-order valence-electron chi connectivity index (χ4n) is 3.28. The second-order valence-electron chi connectivity index (χ2n) is 6.05. The maximum absolute atomic E-state index is 13.0. The predicted octanol–water partition coefficient (Wildman–Crippen LogP) is 5.89. The summed E-state index contributed by atoms with van der Waals surface area (Å²) >= 11 is 24.5. The molecule has 10 heteroatoms. The molecule has 0 saturated carbocycles. The van der Waals surface area contributed by atoms with Crippen LogP contribution in [0.3, 0.4) is 0 Å². The van der Waals surface area contributed by atoms with Crippen LogP contribution in [0.15, 0.2) is 54.6 Å². The van der Waals surface area contributed by atoms with Gasteiger partial charge in [-0.25, -0.2) is 0 Å². The Hall–Kier alpha value is -1.67. The molecule has 152 valence electrons. The normalized spacial score (nSPS) is 13.8. The molecule has 1 unspecified atom stereocenters. The maximum atomic E-state index is 13.0. The van der Waals surface area contributed by atoms with Crippen molar-refractivity contribution in [1.29, 1.82) is 0 Å². The van der Waals surface area contributed by atoms with E-state index in [-0.39, 0.29) is 31.2 Å². The van der Waals surface area contributed by atoms with Gasteiger partial charge >= 0.3 is 0 Å². The Morgan fingerprint density at radius 2 is 1.34 bits per heavy atom. The van der Waals surface area contributed by atoms with Gasteiger partial charge in [-0.15, -0.1) is 0 Å². The Kier molecular flexibility index (Phi) is 5.98. The highest BCUT2D eigenvalue weighted by molar-refractivity contribution is 7.87. The van der Waals surface area contributed by atoms with Crippen LogP contribution in [0.2, 0.25) is 20.1 Å². The summed E-state index contributed by atoms with van der Waals surface area (Å²) in [5, 5.41) is 20.8. The molecule has 0 aliphatic heterocycles. The van der Waals surface area contributed by atoms with Gasteiger partial charge in [0.05, 0.1) is 10.0 Å². The number of benzene rings is 3. The second-order valence-corrected chi connectivity index (χ2v) is 9.27. The standard InChI is InChI=1S/C19H12Cl4O5S/c20-10-8-15(23)17(16(24)9-10)19(29(26,27)28,11-4-1-2-6-13(11)21)12-5-3-7-14(22)18(12)25/h1-9,24-25H,(H,26,27,28). The summed E-state index contributed by atoms with van der Waals surface area (Å²) in [4.78, 5) is 0. The van der Waals surface area contributed by atoms with Crippen LogP contribution in [0.25, 0.3) is 0 Å².